The lowest BCUT2D eigenvalue weighted by Crippen LogP contribution is -2.50. The van der Waals surface area contributed by atoms with Crippen molar-refractivity contribution in [1.82, 2.24) is 9.47 Å². The van der Waals surface area contributed by atoms with Crippen molar-refractivity contribution in [3.8, 4) is 0 Å². The summed E-state index contributed by atoms with van der Waals surface area (Å²) in [6.45, 7) is 4.52. The molecule has 5 heteroatoms. The molecule has 2 aromatic rings. The molecule has 2 bridgehead atoms. The lowest BCUT2D eigenvalue weighted by Gasteiger charge is -2.49. The zero-order valence-corrected chi connectivity index (χ0v) is 15.9. The van der Waals surface area contributed by atoms with Crippen LogP contribution in [0.25, 0.3) is 10.9 Å². The zero-order valence-electron chi connectivity index (χ0n) is 15.9. The Balaban J connectivity index is 2.02. The number of hydrogen-bond donors (Lipinski definition) is 0. The van der Waals surface area contributed by atoms with Crippen molar-refractivity contribution in [1.29, 1.82) is 0 Å². The van der Waals surface area contributed by atoms with Gasteiger partial charge in [0.05, 0.1) is 19.1 Å². The zero-order chi connectivity index (χ0) is 18.6. The molecule has 1 amide bonds. The Morgan fingerprint density at radius 1 is 1.27 bits per heavy atom. The first-order valence-corrected chi connectivity index (χ1v) is 9.41. The summed E-state index contributed by atoms with van der Waals surface area (Å²) in [5.41, 5.74) is 3.28. The lowest BCUT2D eigenvalue weighted by atomic mass is 9.65. The number of nitrogens with zero attached hydrogens (tertiary/aromatic N) is 2. The number of para-hydroxylation sites is 1. The Hall–Kier alpha value is -2.30. The highest BCUT2D eigenvalue weighted by molar-refractivity contribution is 5.93. The summed E-state index contributed by atoms with van der Waals surface area (Å²) in [5.74, 6) is 0.231. The number of aromatic nitrogens is 1. The molecule has 1 fully saturated rings. The summed E-state index contributed by atoms with van der Waals surface area (Å²) in [6.07, 6.45) is 1.78. The second kappa shape index (κ2) is 6.15. The van der Waals surface area contributed by atoms with Crippen LogP contribution in [0.2, 0.25) is 0 Å². The van der Waals surface area contributed by atoms with Gasteiger partial charge in [0.25, 0.3) is 0 Å². The summed E-state index contributed by atoms with van der Waals surface area (Å²) in [5, 5.41) is 1.11. The average molecular weight is 354 g/mol. The highest BCUT2D eigenvalue weighted by Crippen LogP contribution is 2.54. The van der Waals surface area contributed by atoms with Gasteiger partial charge in [-0.15, -0.1) is 0 Å². The van der Waals surface area contributed by atoms with Crippen LogP contribution in [-0.4, -0.2) is 35.0 Å². The fraction of sp³-hybridized carbons (Fsp3) is 0.524. The molecular formula is C21H26N2O3. The van der Waals surface area contributed by atoms with E-state index in [1.165, 1.54) is 7.11 Å². The largest absolute Gasteiger partial charge is 0.469 e. The van der Waals surface area contributed by atoms with Gasteiger partial charge in [0.1, 0.15) is 0 Å². The number of likely N-dealkylation sites (tertiary alicyclic amines) is 1. The van der Waals surface area contributed by atoms with Crippen molar-refractivity contribution in [3.63, 3.8) is 0 Å². The molecule has 1 aromatic carbocycles. The molecule has 4 atom stereocenters. The van der Waals surface area contributed by atoms with Gasteiger partial charge in [-0.3, -0.25) is 9.59 Å². The summed E-state index contributed by atoms with van der Waals surface area (Å²) in [4.78, 5) is 27.3. The van der Waals surface area contributed by atoms with E-state index in [-0.39, 0.29) is 29.8 Å². The number of ether oxygens (including phenoxy) is 1. The minimum absolute atomic E-state index is 0.0357. The first-order valence-electron chi connectivity index (χ1n) is 9.41. The molecule has 0 N–H and O–H groups in total. The number of piperidine rings is 1. The van der Waals surface area contributed by atoms with Crippen LogP contribution in [-0.2, 0) is 21.4 Å². The number of amides is 1. The predicted molar refractivity (Wildman–Crippen MR) is 99.7 cm³/mol. The summed E-state index contributed by atoms with van der Waals surface area (Å²) >= 11 is 0. The van der Waals surface area contributed by atoms with E-state index in [0.717, 1.165) is 41.5 Å². The number of hydrogen-bond acceptors (Lipinski definition) is 3. The van der Waals surface area contributed by atoms with Crippen LogP contribution in [0.1, 0.15) is 49.9 Å². The van der Waals surface area contributed by atoms with Gasteiger partial charge in [-0.25, -0.2) is 0 Å². The maximum atomic E-state index is 12.8. The molecule has 138 valence electrons. The minimum Gasteiger partial charge on any atom is -0.469 e. The van der Waals surface area contributed by atoms with Crippen LogP contribution in [0.5, 0.6) is 0 Å². The van der Waals surface area contributed by atoms with Crippen molar-refractivity contribution in [2.45, 2.75) is 38.6 Å². The van der Waals surface area contributed by atoms with E-state index in [0.29, 0.717) is 5.92 Å². The quantitative estimate of drug-likeness (QED) is 0.777. The molecule has 1 aliphatic heterocycles. The predicted octanol–water partition coefficient (Wildman–Crippen LogP) is 3.38. The molecule has 4 rings (SSSR count). The van der Waals surface area contributed by atoms with Crippen molar-refractivity contribution in [3.05, 3.63) is 35.5 Å². The maximum Gasteiger partial charge on any atom is 0.313 e. The monoisotopic (exact) mass is 354 g/mol. The first-order chi connectivity index (χ1) is 12.5. The Morgan fingerprint density at radius 3 is 2.65 bits per heavy atom. The van der Waals surface area contributed by atoms with Crippen LogP contribution >= 0.6 is 0 Å². The highest BCUT2D eigenvalue weighted by atomic mass is 16.5. The summed E-state index contributed by atoms with van der Waals surface area (Å²) < 4.78 is 7.40. The molecule has 1 saturated heterocycles. The third-order valence-corrected chi connectivity index (χ3v) is 6.54. The number of rotatable bonds is 2. The molecule has 2 aliphatic rings. The molecule has 26 heavy (non-hydrogen) atoms. The molecule has 0 saturated carbocycles. The van der Waals surface area contributed by atoms with Crippen LogP contribution in [0, 0.1) is 11.8 Å². The van der Waals surface area contributed by atoms with Gasteiger partial charge in [0.2, 0.25) is 5.91 Å². The average Bonchev–Trinajstić information content (AvgIpc) is 2.95. The lowest BCUT2D eigenvalue weighted by molar-refractivity contribution is -0.147. The number of carbonyl (C=O) groups excluding carboxylic acids is 2. The van der Waals surface area contributed by atoms with E-state index in [9.17, 15) is 9.59 Å². The minimum atomic E-state index is -0.253. The number of carbonyl (C=O) groups is 2. The van der Waals surface area contributed by atoms with E-state index in [4.69, 9.17) is 4.74 Å². The van der Waals surface area contributed by atoms with Gasteiger partial charge in [0, 0.05) is 37.1 Å². The molecule has 0 unspecified atom stereocenters. The van der Waals surface area contributed by atoms with Gasteiger partial charge in [-0.2, -0.15) is 0 Å². The highest BCUT2D eigenvalue weighted by Gasteiger charge is 2.50. The molecular weight excluding hydrogens is 328 g/mol. The second-order valence-corrected chi connectivity index (χ2v) is 7.63. The van der Waals surface area contributed by atoms with Gasteiger partial charge >= 0.3 is 5.97 Å². The summed E-state index contributed by atoms with van der Waals surface area (Å²) in [7, 11) is 3.52. The van der Waals surface area contributed by atoms with E-state index >= 15 is 0 Å². The van der Waals surface area contributed by atoms with Gasteiger partial charge in [-0.05, 0) is 29.9 Å². The third-order valence-electron chi connectivity index (χ3n) is 6.54. The molecule has 0 spiro atoms. The Kier molecular flexibility index (Phi) is 4.05. The van der Waals surface area contributed by atoms with Crippen molar-refractivity contribution in [2.75, 3.05) is 13.7 Å². The topological polar surface area (TPSA) is 51.5 Å². The normalized spacial score (nSPS) is 27.3. The Morgan fingerprint density at radius 2 is 2.00 bits per heavy atom. The third kappa shape index (κ3) is 2.22. The number of methoxy groups -OCH3 is 1. The molecule has 1 aliphatic carbocycles. The van der Waals surface area contributed by atoms with Crippen LogP contribution in [0.15, 0.2) is 24.3 Å². The van der Waals surface area contributed by atoms with Gasteiger partial charge in [-0.1, -0.05) is 31.5 Å². The van der Waals surface area contributed by atoms with E-state index in [1.807, 2.05) is 24.1 Å². The molecule has 0 radical (unpaired) electrons. The second-order valence-electron chi connectivity index (χ2n) is 7.63. The van der Waals surface area contributed by atoms with Gasteiger partial charge in [0.15, 0.2) is 0 Å². The number of aryl methyl sites for hydroxylation is 1. The van der Waals surface area contributed by atoms with E-state index in [2.05, 4.69) is 23.6 Å². The summed E-state index contributed by atoms with van der Waals surface area (Å²) in [6, 6.07) is 8.24. The Labute approximate surface area is 153 Å². The number of esters is 1. The van der Waals surface area contributed by atoms with Crippen molar-refractivity contribution >= 4 is 22.8 Å². The fourth-order valence-electron chi connectivity index (χ4n) is 5.35. The fourth-order valence-corrected chi connectivity index (χ4v) is 5.35. The van der Waals surface area contributed by atoms with Gasteiger partial charge < -0.3 is 14.2 Å². The number of fused-ring (bicyclic) bond motifs is 6. The van der Waals surface area contributed by atoms with Crippen LogP contribution in [0.4, 0.5) is 0 Å². The molecule has 1 aromatic heterocycles. The van der Waals surface area contributed by atoms with Crippen molar-refractivity contribution < 1.29 is 14.3 Å². The van der Waals surface area contributed by atoms with E-state index < -0.39 is 0 Å². The smallest absolute Gasteiger partial charge is 0.313 e. The SMILES string of the molecule is CC[C@@H]1CN(C(C)=O)[C@H]2C[C@@H]1[C@H](C(=O)OC)c1c2n(C)c2ccccc12. The van der Waals surface area contributed by atoms with Crippen molar-refractivity contribution in [2.24, 2.45) is 18.9 Å². The number of benzene rings is 1. The molecule has 2 heterocycles. The Bertz CT molecular complexity index is 885. The first kappa shape index (κ1) is 17.1. The molecule has 5 nitrogen and oxygen atoms in total. The maximum absolute atomic E-state index is 12.8. The van der Waals surface area contributed by atoms with E-state index in [1.54, 1.807) is 6.92 Å². The van der Waals surface area contributed by atoms with Crippen LogP contribution in [0.3, 0.4) is 0 Å². The van der Waals surface area contributed by atoms with Crippen LogP contribution < -0.4 is 0 Å². The standard InChI is InChI=1S/C21H26N2O3/c1-5-13-11-23(12(2)24)17-10-15(13)19(21(25)26-4)18-14-8-6-7-9-16(14)22(3)20(17)18/h6-9,13,15,17,19H,5,10-11H2,1-4H3/t13-,15+,17+,19+/m1/s1.